The number of nitrogens with zero attached hydrogens (tertiary/aromatic N) is 4. The van der Waals surface area contributed by atoms with Crippen LogP contribution in [0.3, 0.4) is 0 Å². The fraction of sp³-hybridized carbons (Fsp3) is 0.0714. The molecule has 0 aliphatic heterocycles. The first-order valence-corrected chi connectivity index (χ1v) is 6.13. The molecule has 1 heterocycles. The van der Waals surface area contributed by atoms with Crippen LogP contribution in [0.2, 0.25) is 0 Å². The molecule has 21 heavy (non-hydrogen) atoms. The van der Waals surface area contributed by atoms with Crippen molar-refractivity contribution >= 4 is 0 Å². The highest BCUT2D eigenvalue weighted by Gasteiger charge is 2.08. The summed E-state index contributed by atoms with van der Waals surface area (Å²) >= 11 is 0. The molecule has 0 aliphatic carbocycles. The summed E-state index contributed by atoms with van der Waals surface area (Å²) in [5.74, 6) is -1.23. The van der Waals surface area contributed by atoms with E-state index in [4.69, 9.17) is 4.74 Å². The number of ether oxygens (including phenoxy) is 1. The maximum Gasteiger partial charge on any atom is 0.165 e. The van der Waals surface area contributed by atoms with Crippen molar-refractivity contribution in [3.8, 4) is 11.4 Å². The number of benzene rings is 2. The van der Waals surface area contributed by atoms with E-state index >= 15 is 0 Å². The maximum atomic E-state index is 13.5. The van der Waals surface area contributed by atoms with Crippen molar-refractivity contribution < 1.29 is 13.5 Å². The molecule has 0 saturated heterocycles. The Morgan fingerprint density at radius 3 is 2.57 bits per heavy atom. The Hall–Kier alpha value is -2.83. The molecule has 106 valence electrons. The lowest BCUT2D eigenvalue weighted by atomic mass is 10.2. The lowest BCUT2D eigenvalue weighted by Crippen LogP contribution is -2.01. The zero-order valence-corrected chi connectivity index (χ0v) is 10.8. The van der Waals surface area contributed by atoms with Crippen LogP contribution in [0.1, 0.15) is 5.56 Å². The Labute approximate surface area is 118 Å². The summed E-state index contributed by atoms with van der Waals surface area (Å²) in [6.07, 6.45) is 1.47. The molecule has 3 rings (SSSR count). The van der Waals surface area contributed by atoms with Crippen LogP contribution in [0, 0.1) is 11.6 Å². The second kappa shape index (κ2) is 5.66. The van der Waals surface area contributed by atoms with Crippen LogP contribution in [0.15, 0.2) is 48.8 Å². The zero-order valence-electron chi connectivity index (χ0n) is 10.8. The molecule has 2 aromatic carbocycles. The summed E-state index contributed by atoms with van der Waals surface area (Å²) in [7, 11) is 0. The second-order valence-corrected chi connectivity index (χ2v) is 4.25. The first-order chi connectivity index (χ1) is 10.2. The number of hydrogen-bond donors (Lipinski definition) is 0. The Morgan fingerprint density at radius 1 is 1.05 bits per heavy atom. The van der Waals surface area contributed by atoms with Crippen LogP contribution in [0.4, 0.5) is 8.78 Å². The van der Waals surface area contributed by atoms with Gasteiger partial charge in [0.25, 0.3) is 0 Å². The number of aromatic nitrogens is 4. The van der Waals surface area contributed by atoms with Gasteiger partial charge in [-0.15, -0.1) is 5.10 Å². The predicted molar refractivity (Wildman–Crippen MR) is 69.8 cm³/mol. The van der Waals surface area contributed by atoms with Gasteiger partial charge < -0.3 is 4.74 Å². The SMILES string of the molecule is Fc1cccc(COc2ccc(-n3cnnn3)cc2)c1F. The quantitative estimate of drug-likeness (QED) is 0.740. The van der Waals surface area contributed by atoms with Crippen LogP contribution < -0.4 is 4.74 Å². The molecule has 0 unspecified atom stereocenters. The molecule has 3 aromatic rings. The molecular weight excluding hydrogens is 278 g/mol. The fourth-order valence-electron chi connectivity index (χ4n) is 1.80. The van der Waals surface area contributed by atoms with E-state index in [0.717, 1.165) is 11.8 Å². The van der Waals surface area contributed by atoms with Crippen molar-refractivity contribution in [3.63, 3.8) is 0 Å². The molecule has 7 heteroatoms. The van der Waals surface area contributed by atoms with E-state index in [9.17, 15) is 8.78 Å². The molecule has 0 amide bonds. The average molecular weight is 288 g/mol. The van der Waals surface area contributed by atoms with Gasteiger partial charge in [-0.05, 0) is 40.8 Å². The summed E-state index contributed by atoms with van der Waals surface area (Å²) in [6, 6.07) is 10.9. The van der Waals surface area contributed by atoms with Gasteiger partial charge in [0.1, 0.15) is 18.7 Å². The van der Waals surface area contributed by atoms with E-state index < -0.39 is 11.6 Å². The van der Waals surface area contributed by atoms with Gasteiger partial charge >= 0.3 is 0 Å². The summed E-state index contributed by atoms with van der Waals surface area (Å²) in [4.78, 5) is 0. The van der Waals surface area contributed by atoms with Gasteiger partial charge in [-0.1, -0.05) is 12.1 Å². The molecule has 0 atom stereocenters. The molecule has 0 saturated carbocycles. The summed E-state index contributed by atoms with van der Waals surface area (Å²) in [5.41, 5.74) is 0.934. The summed E-state index contributed by atoms with van der Waals surface area (Å²) in [5, 5.41) is 10.8. The standard InChI is InChI=1S/C14H10F2N4O/c15-13-3-1-2-10(14(13)16)8-21-12-6-4-11(5-7-12)20-9-17-18-19-20/h1-7,9H,8H2. The predicted octanol–water partition coefficient (Wildman–Crippen LogP) is 2.52. The van der Waals surface area contributed by atoms with Gasteiger partial charge in [-0.25, -0.2) is 13.5 Å². The van der Waals surface area contributed by atoms with Crippen LogP contribution >= 0.6 is 0 Å². The van der Waals surface area contributed by atoms with Gasteiger partial charge in [0.05, 0.1) is 5.69 Å². The Balaban J connectivity index is 1.70. The largest absolute Gasteiger partial charge is 0.489 e. The first kappa shape index (κ1) is 13.2. The third kappa shape index (κ3) is 2.86. The van der Waals surface area contributed by atoms with Gasteiger partial charge in [0, 0.05) is 5.56 Å². The topological polar surface area (TPSA) is 52.8 Å². The van der Waals surface area contributed by atoms with E-state index in [1.807, 2.05) is 0 Å². The van der Waals surface area contributed by atoms with E-state index in [0.29, 0.717) is 5.75 Å². The summed E-state index contributed by atoms with van der Waals surface area (Å²) < 4.78 is 33.5. The number of halogens is 2. The lowest BCUT2D eigenvalue weighted by molar-refractivity contribution is 0.297. The van der Waals surface area contributed by atoms with E-state index in [1.165, 1.54) is 23.1 Å². The minimum Gasteiger partial charge on any atom is -0.489 e. The minimum absolute atomic E-state index is 0.0478. The number of tetrazole rings is 1. The van der Waals surface area contributed by atoms with E-state index in [2.05, 4.69) is 15.5 Å². The molecule has 5 nitrogen and oxygen atoms in total. The van der Waals surface area contributed by atoms with Crippen molar-refractivity contribution in [1.82, 2.24) is 20.2 Å². The van der Waals surface area contributed by atoms with Crippen LogP contribution in [-0.2, 0) is 6.61 Å². The zero-order chi connectivity index (χ0) is 14.7. The number of rotatable bonds is 4. The third-order valence-corrected chi connectivity index (χ3v) is 2.88. The van der Waals surface area contributed by atoms with Gasteiger partial charge in [0.15, 0.2) is 11.6 Å². The monoisotopic (exact) mass is 288 g/mol. The molecule has 0 spiro atoms. The Kier molecular flexibility index (Phi) is 3.55. The van der Waals surface area contributed by atoms with Crippen LogP contribution in [-0.4, -0.2) is 20.2 Å². The molecule has 0 fully saturated rings. The molecule has 0 N–H and O–H groups in total. The highest BCUT2D eigenvalue weighted by molar-refractivity contribution is 5.36. The lowest BCUT2D eigenvalue weighted by Gasteiger charge is -2.08. The van der Waals surface area contributed by atoms with Crippen molar-refractivity contribution in [2.45, 2.75) is 6.61 Å². The van der Waals surface area contributed by atoms with E-state index in [1.54, 1.807) is 24.3 Å². The second-order valence-electron chi connectivity index (χ2n) is 4.25. The smallest absolute Gasteiger partial charge is 0.165 e. The molecule has 0 radical (unpaired) electrons. The van der Waals surface area contributed by atoms with Crippen molar-refractivity contribution in [1.29, 1.82) is 0 Å². The van der Waals surface area contributed by atoms with Gasteiger partial charge in [-0.2, -0.15) is 0 Å². The third-order valence-electron chi connectivity index (χ3n) is 2.88. The molecule has 1 aromatic heterocycles. The number of hydrogen-bond acceptors (Lipinski definition) is 4. The fourth-order valence-corrected chi connectivity index (χ4v) is 1.80. The maximum absolute atomic E-state index is 13.5. The van der Waals surface area contributed by atoms with Gasteiger partial charge in [0.2, 0.25) is 0 Å². The molecule has 0 bridgehead atoms. The highest BCUT2D eigenvalue weighted by atomic mass is 19.2. The van der Waals surface area contributed by atoms with Crippen LogP contribution in [0.5, 0.6) is 5.75 Å². The highest BCUT2D eigenvalue weighted by Crippen LogP contribution is 2.18. The van der Waals surface area contributed by atoms with Crippen LogP contribution in [0.25, 0.3) is 5.69 Å². The Bertz CT molecular complexity index is 729. The summed E-state index contributed by atoms with van der Waals surface area (Å²) in [6.45, 7) is -0.0478. The van der Waals surface area contributed by atoms with E-state index in [-0.39, 0.29) is 12.2 Å². The van der Waals surface area contributed by atoms with Crippen molar-refractivity contribution in [3.05, 3.63) is 66.0 Å². The van der Waals surface area contributed by atoms with Crippen molar-refractivity contribution in [2.75, 3.05) is 0 Å². The minimum atomic E-state index is -0.886. The normalized spacial score (nSPS) is 10.6. The van der Waals surface area contributed by atoms with Gasteiger partial charge in [-0.3, -0.25) is 0 Å². The Morgan fingerprint density at radius 2 is 1.86 bits per heavy atom. The average Bonchev–Trinajstić information content (AvgIpc) is 3.04. The molecular formula is C14H10F2N4O. The van der Waals surface area contributed by atoms with Crippen molar-refractivity contribution in [2.24, 2.45) is 0 Å². The first-order valence-electron chi connectivity index (χ1n) is 6.13. The molecule has 0 aliphatic rings.